The van der Waals surface area contributed by atoms with E-state index < -0.39 is 186 Å². The highest BCUT2D eigenvalue weighted by atomic mass is 16.6. The lowest BCUT2D eigenvalue weighted by Crippen LogP contribution is -2.63. The van der Waals surface area contributed by atoms with Gasteiger partial charge in [-0.25, -0.2) is 19.2 Å². The summed E-state index contributed by atoms with van der Waals surface area (Å²) in [5.74, 6) is -8.79. The van der Waals surface area contributed by atoms with Crippen LogP contribution in [0, 0.1) is 32.6 Å². The van der Waals surface area contributed by atoms with Gasteiger partial charge in [0, 0.05) is 58.8 Å². The molecule has 6 aliphatic rings. The molecule has 6 fully saturated rings. The fraction of sp³-hybridized carbons (Fsp3) is 0.605. The second kappa shape index (κ2) is 39.5. The zero-order valence-electron chi connectivity index (χ0n) is 66.3. The molecule has 0 aliphatic carbocycles. The Labute approximate surface area is 662 Å². The highest BCUT2D eigenvalue weighted by Gasteiger charge is 2.50. The van der Waals surface area contributed by atoms with Crippen molar-refractivity contribution in [3.05, 3.63) is 101 Å². The number of amides is 13. The number of nitrogens with one attached hydrogen (secondary N) is 7. The molecule has 0 aromatic heterocycles. The molecule has 6 saturated heterocycles. The number of aliphatic hydroxyl groups excluding tert-OH is 2. The van der Waals surface area contributed by atoms with E-state index in [-0.39, 0.29) is 91.4 Å². The average molecular weight is 1580 g/mol. The largest absolute Gasteiger partial charge is 0.458 e. The molecule has 3 aromatic carbocycles. The molecular formula is C81H119N13O19. The Balaban J connectivity index is 0.000000346. The number of nitrogens with zero attached hydrogens (tertiary/aromatic N) is 6. The molecule has 0 saturated carbocycles. The maximum Gasteiger partial charge on any atom is 0.408 e. The summed E-state index contributed by atoms with van der Waals surface area (Å²) in [5, 5.41) is 40.2. The molecule has 622 valence electrons. The molecule has 0 radical (unpaired) electrons. The van der Waals surface area contributed by atoms with Gasteiger partial charge in [-0.2, -0.15) is 0 Å². The van der Waals surface area contributed by atoms with Crippen molar-refractivity contribution in [2.75, 3.05) is 45.6 Å². The SMILES string of the molecule is C.C.Cc1ccc(NC(=O)N[C@@H](Cc2cccc(C)c2)C(=O)N[C@@H]2C(=O)N3CCC[C@H]3C(=O)N(C)[C@@H]([C@H](C)O)C(=O)N[C@@H](C)C(=O)N3C[C@H](C)C[C@H]3C(=O)O[C@H]2C)cc1.Cc1cccc(C[C@H](NC(=O)OC(C)(C)C)C(=O)N[C@@H]2C(=O)N3CCC[C@H]3C(=O)N(C)[C@@H]([C@H](C)O)C(=O)N[C@@H](C)C(=O)N3C[C@H](C)C[C@H]3C(=O)O[C@H]2C)c1. The van der Waals surface area contributed by atoms with Crippen LogP contribution in [0.25, 0.3) is 0 Å². The molecule has 6 aliphatic heterocycles. The van der Waals surface area contributed by atoms with E-state index in [1.807, 2.05) is 89.2 Å². The molecule has 6 heterocycles. The summed E-state index contributed by atoms with van der Waals surface area (Å²) >= 11 is 0. The lowest BCUT2D eigenvalue weighted by molar-refractivity contribution is -0.163. The Morgan fingerprint density at radius 3 is 1.29 bits per heavy atom. The molecule has 9 rings (SSSR count). The Morgan fingerprint density at radius 1 is 0.531 bits per heavy atom. The number of alkyl carbamates (subject to hydrolysis) is 1. The third-order valence-corrected chi connectivity index (χ3v) is 20.9. The summed E-state index contributed by atoms with van der Waals surface area (Å²) in [6.45, 7) is 23.6. The van der Waals surface area contributed by atoms with Crippen LogP contribution in [0.5, 0.6) is 0 Å². The Bertz CT molecular complexity index is 3960. The van der Waals surface area contributed by atoms with Crippen LogP contribution in [0.3, 0.4) is 0 Å². The summed E-state index contributed by atoms with van der Waals surface area (Å²) in [7, 11) is 2.69. The normalized spacial score (nSPS) is 27.3. The van der Waals surface area contributed by atoms with Crippen LogP contribution in [0.15, 0.2) is 72.8 Å². The van der Waals surface area contributed by atoms with Crippen molar-refractivity contribution in [3.8, 4) is 0 Å². The van der Waals surface area contributed by atoms with Gasteiger partial charge in [0.05, 0.1) is 12.2 Å². The number of anilines is 1. The predicted octanol–water partition coefficient (Wildman–Crippen LogP) is 3.48. The number of ether oxygens (including phenoxy) is 3. The number of hydrogen-bond donors (Lipinski definition) is 9. The van der Waals surface area contributed by atoms with Crippen molar-refractivity contribution in [2.45, 2.75) is 266 Å². The number of urea groups is 1. The number of aryl methyl sites for hydroxylation is 3. The topological polar surface area (TPSA) is 411 Å². The van der Waals surface area contributed by atoms with Gasteiger partial charge in [0.25, 0.3) is 0 Å². The maximum absolute atomic E-state index is 14.7. The van der Waals surface area contributed by atoms with Gasteiger partial charge in [0.15, 0.2) is 0 Å². The monoisotopic (exact) mass is 1580 g/mol. The van der Waals surface area contributed by atoms with Gasteiger partial charge in [-0.3, -0.25) is 47.9 Å². The fourth-order valence-electron chi connectivity index (χ4n) is 15.3. The summed E-state index contributed by atoms with van der Waals surface area (Å²) in [4.78, 5) is 202. The number of fused-ring (bicyclic) bond motifs is 4. The molecule has 32 nitrogen and oxygen atoms in total. The molecule has 32 heteroatoms. The smallest absolute Gasteiger partial charge is 0.408 e. The summed E-state index contributed by atoms with van der Waals surface area (Å²) < 4.78 is 17.2. The zero-order valence-corrected chi connectivity index (χ0v) is 66.3. The molecule has 0 spiro atoms. The third-order valence-electron chi connectivity index (χ3n) is 20.9. The van der Waals surface area contributed by atoms with Gasteiger partial charge in [0.1, 0.15) is 90.3 Å². The first kappa shape index (κ1) is 91.6. The quantitative estimate of drug-likeness (QED) is 0.0873. The van der Waals surface area contributed by atoms with Crippen LogP contribution in [-0.2, 0) is 84.6 Å². The van der Waals surface area contributed by atoms with E-state index in [0.717, 1.165) is 32.1 Å². The number of aliphatic hydroxyl groups is 2. The highest BCUT2D eigenvalue weighted by molar-refractivity contribution is 6.01. The lowest BCUT2D eigenvalue weighted by Gasteiger charge is -2.37. The lowest BCUT2D eigenvalue weighted by atomic mass is 10.0. The van der Waals surface area contributed by atoms with Crippen molar-refractivity contribution in [2.24, 2.45) is 11.8 Å². The minimum atomic E-state index is -1.54. The first-order valence-electron chi connectivity index (χ1n) is 38.1. The van der Waals surface area contributed by atoms with Crippen LogP contribution in [0.2, 0.25) is 0 Å². The van der Waals surface area contributed by atoms with Gasteiger partial charge < -0.3 is 91.0 Å². The molecule has 113 heavy (non-hydrogen) atoms. The van der Waals surface area contributed by atoms with E-state index in [9.17, 15) is 77.3 Å². The average Bonchev–Trinajstić information content (AvgIpc) is 1.33. The van der Waals surface area contributed by atoms with E-state index in [1.54, 1.807) is 39.0 Å². The van der Waals surface area contributed by atoms with Crippen molar-refractivity contribution in [1.82, 2.24) is 61.3 Å². The van der Waals surface area contributed by atoms with Gasteiger partial charge in [-0.15, -0.1) is 0 Å². The number of benzene rings is 3. The van der Waals surface area contributed by atoms with Crippen molar-refractivity contribution in [1.29, 1.82) is 0 Å². The Morgan fingerprint density at radius 2 is 0.920 bits per heavy atom. The fourth-order valence-corrected chi connectivity index (χ4v) is 15.3. The Kier molecular flexibility index (Phi) is 32.0. The number of cyclic esters (lactones) is 2. The van der Waals surface area contributed by atoms with Gasteiger partial charge in [-0.05, 0) is 157 Å². The standard InChI is InChI=1S/C41H55N7O9.C38H56N6O10.2CH4/c1-22-13-15-29(16-14-22)43-41(56)44-30(20-28-11-8-10-23(2)18-28)35(50)45-33-27(6)57-40(55)32-19-24(3)21-48(32)37(52)25(4)42-36(51)34(26(5)49)46(7)38(53)31-12-9-17-47(31)39(33)54;1-20-12-10-13-25(16-20)18-26(40-37(52)54-38(6,7)8)31(46)41-29-24(5)53-36(51)28-17-21(2)19-44(28)33(48)22(3)39-32(47)30(23(4)45)42(9)34(49)27-14-11-15-43(27)35(29)50;;/h8,10-11,13-16,18,24-27,30-34,49H,9,12,17,19-21H2,1-7H3,(H,42,51)(H,45,50)(H2,43,44,56);10,12-13,16,21-24,26-30,45H,11,14-15,17-19H2,1-9H3,(H,39,47)(H,40,52)(H,41,46);2*1H4/t24-,25+,26+,27+,30+,31+,32+,33+,34+;21-,22+,23+,24+,26+,27+,28+,29+,30+;;/m11../s1. The summed E-state index contributed by atoms with van der Waals surface area (Å²) in [6, 6.07) is 6.31. The van der Waals surface area contributed by atoms with Crippen molar-refractivity contribution < 1.29 is 91.5 Å². The molecule has 13 amide bonds. The number of esters is 2. The Hall–Kier alpha value is -10.2. The van der Waals surface area contributed by atoms with Crippen LogP contribution in [0.4, 0.5) is 15.3 Å². The van der Waals surface area contributed by atoms with Crippen molar-refractivity contribution >= 4 is 88.8 Å². The second-order valence-electron chi connectivity index (χ2n) is 31.7. The molecule has 0 unspecified atom stereocenters. The predicted molar refractivity (Wildman–Crippen MR) is 418 cm³/mol. The van der Waals surface area contributed by atoms with E-state index in [2.05, 4.69) is 37.2 Å². The van der Waals surface area contributed by atoms with Gasteiger partial charge in [-0.1, -0.05) is 106 Å². The van der Waals surface area contributed by atoms with E-state index in [0.29, 0.717) is 24.1 Å². The zero-order chi connectivity index (χ0) is 81.9. The summed E-state index contributed by atoms with van der Waals surface area (Å²) in [6.07, 6.45) is -4.34. The third kappa shape index (κ3) is 23.2. The minimum absolute atomic E-state index is 0. The van der Waals surface area contributed by atoms with E-state index >= 15 is 0 Å². The molecule has 3 aromatic rings. The number of carbonyl (C=O) groups is 14. The number of likely N-dealkylation sites (N-methyl/N-ethyl adjacent to an activating group) is 2. The van der Waals surface area contributed by atoms with Crippen LogP contribution >= 0.6 is 0 Å². The first-order chi connectivity index (χ1) is 52.1. The van der Waals surface area contributed by atoms with E-state index in [1.165, 1.54) is 75.2 Å². The highest BCUT2D eigenvalue weighted by Crippen LogP contribution is 2.31. The second-order valence-corrected chi connectivity index (χ2v) is 31.7. The number of rotatable bonds is 13. The van der Waals surface area contributed by atoms with E-state index in [4.69, 9.17) is 14.2 Å². The summed E-state index contributed by atoms with van der Waals surface area (Å²) in [5.41, 5.74) is 3.91. The number of hydrogen-bond acceptors (Lipinski definition) is 19. The molecule has 18 atom stereocenters. The molecule has 0 bridgehead atoms. The van der Waals surface area contributed by atoms with Crippen LogP contribution in [0.1, 0.15) is 157 Å². The minimum Gasteiger partial charge on any atom is -0.458 e. The number of carbonyl (C=O) groups excluding carboxylic acids is 14. The van der Waals surface area contributed by atoms with Gasteiger partial charge in [0.2, 0.25) is 59.1 Å². The molecule has 9 N–H and O–H groups in total. The van der Waals surface area contributed by atoms with Gasteiger partial charge >= 0.3 is 24.1 Å². The van der Waals surface area contributed by atoms with Crippen LogP contribution < -0.4 is 37.2 Å². The molecular weight excluding hydrogens is 1460 g/mol. The first-order valence-corrected chi connectivity index (χ1v) is 38.1. The van der Waals surface area contributed by atoms with Crippen LogP contribution in [-0.4, -0.2) is 266 Å². The van der Waals surface area contributed by atoms with Crippen molar-refractivity contribution in [3.63, 3.8) is 0 Å². The maximum atomic E-state index is 14.7.